The number of halogens is 1. The van der Waals surface area contributed by atoms with Crippen molar-refractivity contribution in [2.24, 2.45) is 5.92 Å². The quantitative estimate of drug-likeness (QED) is 0.198. The molecule has 44 heavy (non-hydrogen) atoms. The summed E-state index contributed by atoms with van der Waals surface area (Å²) in [4.78, 5) is 39.2. The van der Waals surface area contributed by atoms with E-state index in [2.05, 4.69) is 5.32 Å². The van der Waals surface area contributed by atoms with Gasteiger partial charge >= 0.3 is 0 Å². The lowest BCUT2D eigenvalue weighted by Gasteiger charge is -2.32. The Balaban J connectivity index is 2.15. The van der Waals surface area contributed by atoms with E-state index in [9.17, 15) is 28.1 Å². The average Bonchev–Trinajstić information content (AvgIpc) is 2.96. The Kier molecular flexibility index (Phi) is 11.3. The Morgan fingerprint density at radius 2 is 1.75 bits per heavy atom. The maximum Gasteiger partial charge on any atom is 0.273 e. The highest BCUT2D eigenvalue weighted by molar-refractivity contribution is 7.92. The van der Waals surface area contributed by atoms with Crippen molar-refractivity contribution < 1.29 is 27.7 Å². The van der Waals surface area contributed by atoms with Crippen LogP contribution in [0.15, 0.2) is 65.6 Å². The van der Waals surface area contributed by atoms with Crippen molar-refractivity contribution in [2.75, 3.05) is 24.5 Å². The first-order valence-corrected chi connectivity index (χ1v) is 15.7. The molecule has 0 heterocycles. The molecule has 0 fully saturated rings. The van der Waals surface area contributed by atoms with E-state index in [1.165, 1.54) is 49.3 Å². The maximum absolute atomic E-state index is 14.2. The summed E-state index contributed by atoms with van der Waals surface area (Å²) in [6, 6.07) is 14.2. The standard InChI is InChI=1S/C31H37ClN4O7S/c1-20(2)17-33-31(38)23(5)34(18-24-9-7-8-21(3)14-24)30(37)19-35(28-15-25(32)11-13-29(28)43-6)44(41,42)26-12-10-22(4)27(16-26)36(39)40/h7-16,20,23H,17-19H2,1-6H3,(H,33,38)/t23-/m1/s1. The number of nitrogens with one attached hydrogen (secondary N) is 1. The Hall–Kier alpha value is -4.16. The summed E-state index contributed by atoms with van der Waals surface area (Å²) in [6.45, 7) is 8.50. The van der Waals surface area contributed by atoms with E-state index in [1.807, 2.05) is 45.0 Å². The van der Waals surface area contributed by atoms with E-state index in [0.29, 0.717) is 6.54 Å². The van der Waals surface area contributed by atoms with E-state index in [-0.39, 0.29) is 34.5 Å². The second-order valence-electron chi connectivity index (χ2n) is 10.9. The van der Waals surface area contributed by atoms with Gasteiger partial charge in [-0.25, -0.2) is 8.42 Å². The molecule has 3 aromatic carbocycles. The summed E-state index contributed by atoms with van der Waals surface area (Å²) in [6.07, 6.45) is 0. The van der Waals surface area contributed by atoms with Crippen molar-refractivity contribution in [3.05, 3.63) is 92.5 Å². The minimum Gasteiger partial charge on any atom is -0.495 e. The third-order valence-electron chi connectivity index (χ3n) is 6.94. The molecular formula is C31H37ClN4O7S. The fourth-order valence-electron chi connectivity index (χ4n) is 4.49. The van der Waals surface area contributed by atoms with Crippen molar-refractivity contribution in [1.82, 2.24) is 10.2 Å². The molecule has 0 aromatic heterocycles. The van der Waals surface area contributed by atoms with Crippen LogP contribution in [-0.2, 0) is 26.2 Å². The second-order valence-corrected chi connectivity index (χ2v) is 13.2. The number of anilines is 1. The van der Waals surface area contributed by atoms with Crippen LogP contribution in [0.25, 0.3) is 0 Å². The summed E-state index contributed by atoms with van der Waals surface area (Å²) in [7, 11) is -3.28. The summed E-state index contributed by atoms with van der Waals surface area (Å²) < 4.78 is 34.6. The largest absolute Gasteiger partial charge is 0.495 e. The highest BCUT2D eigenvalue weighted by atomic mass is 35.5. The molecule has 13 heteroatoms. The van der Waals surface area contributed by atoms with Crippen LogP contribution >= 0.6 is 11.6 Å². The van der Waals surface area contributed by atoms with Crippen molar-refractivity contribution in [1.29, 1.82) is 0 Å². The van der Waals surface area contributed by atoms with Gasteiger partial charge in [0.1, 0.15) is 18.3 Å². The van der Waals surface area contributed by atoms with E-state index >= 15 is 0 Å². The molecule has 0 aliphatic carbocycles. The van der Waals surface area contributed by atoms with Crippen LogP contribution in [0.2, 0.25) is 5.02 Å². The van der Waals surface area contributed by atoms with Crippen LogP contribution in [0.1, 0.15) is 37.5 Å². The number of nitro groups is 1. The van der Waals surface area contributed by atoms with Gasteiger partial charge in [-0.1, -0.05) is 61.3 Å². The molecule has 11 nitrogen and oxygen atoms in total. The highest BCUT2D eigenvalue weighted by Crippen LogP contribution is 2.36. The van der Waals surface area contributed by atoms with E-state index in [4.69, 9.17) is 16.3 Å². The smallest absolute Gasteiger partial charge is 0.273 e. The first-order chi connectivity index (χ1) is 20.6. The summed E-state index contributed by atoms with van der Waals surface area (Å²) in [5.41, 5.74) is 1.50. The minimum atomic E-state index is -4.61. The van der Waals surface area contributed by atoms with Crippen molar-refractivity contribution in [2.45, 2.75) is 52.1 Å². The summed E-state index contributed by atoms with van der Waals surface area (Å²) in [5.74, 6) is -0.823. The molecule has 0 saturated carbocycles. The van der Waals surface area contributed by atoms with Crippen LogP contribution in [0.5, 0.6) is 5.75 Å². The maximum atomic E-state index is 14.2. The molecule has 3 rings (SSSR count). The predicted octanol–water partition coefficient (Wildman–Crippen LogP) is 5.26. The zero-order chi connectivity index (χ0) is 32.8. The van der Waals surface area contributed by atoms with Crippen molar-refractivity contribution in [3.63, 3.8) is 0 Å². The van der Waals surface area contributed by atoms with E-state index < -0.39 is 49.9 Å². The number of carbonyl (C=O) groups excluding carboxylic acids is 2. The number of hydrogen-bond acceptors (Lipinski definition) is 7. The number of methoxy groups -OCH3 is 1. The lowest BCUT2D eigenvalue weighted by Crippen LogP contribution is -2.51. The first kappa shape index (κ1) is 34.3. The molecule has 0 spiro atoms. The highest BCUT2D eigenvalue weighted by Gasteiger charge is 2.35. The van der Waals surface area contributed by atoms with Gasteiger partial charge in [0.15, 0.2) is 0 Å². The summed E-state index contributed by atoms with van der Waals surface area (Å²) in [5, 5.41) is 14.7. The van der Waals surface area contributed by atoms with Gasteiger partial charge in [-0.15, -0.1) is 0 Å². The second kappa shape index (κ2) is 14.5. The van der Waals surface area contributed by atoms with Crippen molar-refractivity contribution in [3.8, 4) is 5.75 Å². The van der Waals surface area contributed by atoms with Crippen LogP contribution < -0.4 is 14.4 Å². The number of aryl methyl sites for hydroxylation is 2. The molecule has 0 saturated heterocycles. The molecule has 0 aliphatic rings. The number of amides is 2. The fraction of sp³-hybridized carbons (Fsp3) is 0.355. The first-order valence-electron chi connectivity index (χ1n) is 13.9. The SMILES string of the molecule is COc1ccc(Cl)cc1N(CC(=O)N(Cc1cccc(C)c1)[C@H](C)C(=O)NCC(C)C)S(=O)(=O)c1ccc(C)c([N+](=O)[O-])c1. The minimum absolute atomic E-state index is 0.0212. The Bertz CT molecular complexity index is 1650. The molecule has 0 radical (unpaired) electrons. The molecule has 2 amide bonds. The monoisotopic (exact) mass is 644 g/mol. The van der Waals surface area contributed by atoms with Gasteiger partial charge in [0.2, 0.25) is 11.8 Å². The fourth-order valence-corrected chi connectivity index (χ4v) is 6.09. The number of nitrogens with zero attached hydrogens (tertiary/aromatic N) is 3. The zero-order valence-electron chi connectivity index (χ0n) is 25.5. The lowest BCUT2D eigenvalue weighted by atomic mass is 10.1. The van der Waals surface area contributed by atoms with Gasteiger partial charge < -0.3 is 15.0 Å². The van der Waals surface area contributed by atoms with Gasteiger partial charge in [0.25, 0.3) is 15.7 Å². The zero-order valence-corrected chi connectivity index (χ0v) is 27.1. The van der Waals surface area contributed by atoms with Crippen LogP contribution in [0, 0.1) is 29.9 Å². The Morgan fingerprint density at radius 3 is 2.36 bits per heavy atom. The van der Waals surface area contributed by atoms with E-state index in [0.717, 1.165) is 21.5 Å². The molecule has 1 N–H and O–H groups in total. The van der Waals surface area contributed by atoms with Gasteiger partial charge in [-0.05, 0) is 56.5 Å². The van der Waals surface area contributed by atoms with Crippen molar-refractivity contribution >= 4 is 44.8 Å². The lowest BCUT2D eigenvalue weighted by molar-refractivity contribution is -0.385. The normalized spacial score (nSPS) is 12.0. The van der Waals surface area contributed by atoms with Crippen LogP contribution in [-0.4, -0.2) is 56.3 Å². The number of ether oxygens (including phenoxy) is 1. The van der Waals surface area contributed by atoms with Gasteiger partial charge in [0, 0.05) is 29.7 Å². The van der Waals surface area contributed by atoms with E-state index in [1.54, 1.807) is 6.92 Å². The third kappa shape index (κ3) is 8.26. The number of sulfonamides is 1. The number of benzene rings is 3. The van der Waals surface area contributed by atoms with Gasteiger partial charge in [-0.2, -0.15) is 0 Å². The molecule has 0 bridgehead atoms. The number of nitro benzene ring substituents is 1. The van der Waals surface area contributed by atoms with Crippen LogP contribution in [0.3, 0.4) is 0 Å². The topological polar surface area (TPSA) is 139 Å². The number of carbonyl (C=O) groups is 2. The third-order valence-corrected chi connectivity index (χ3v) is 8.93. The van der Waals surface area contributed by atoms with Gasteiger partial charge in [0.05, 0.1) is 22.6 Å². The predicted molar refractivity (Wildman–Crippen MR) is 169 cm³/mol. The van der Waals surface area contributed by atoms with Crippen LogP contribution in [0.4, 0.5) is 11.4 Å². The van der Waals surface area contributed by atoms with Gasteiger partial charge in [-0.3, -0.25) is 24.0 Å². The molecule has 0 aliphatic heterocycles. The molecule has 236 valence electrons. The molecule has 0 unspecified atom stereocenters. The summed E-state index contributed by atoms with van der Waals surface area (Å²) >= 11 is 6.26. The molecule has 1 atom stereocenters. The number of hydrogen-bond donors (Lipinski definition) is 1. The number of rotatable bonds is 13. The molecule has 3 aromatic rings. The average molecular weight is 645 g/mol. The Labute approximate surface area is 263 Å². The Morgan fingerprint density at radius 1 is 1.05 bits per heavy atom. The molecular weight excluding hydrogens is 608 g/mol.